The number of piperidine rings is 1. The summed E-state index contributed by atoms with van der Waals surface area (Å²) in [5.41, 5.74) is 0.381. The van der Waals surface area contributed by atoms with Crippen LogP contribution >= 0.6 is 36.7 Å². The number of halogens is 2. The molecule has 3 aliphatic rings. The van der Waals surface area contributed by atoms with Gasteiger partial charge >= 0.3 is 0 Å². The van der Waals surface area contributed by atoms with Gasteiger partial charge in [0.15, 0.2) is 5.60 Å². The van der Waals surface area contributed by atoms with Crippen molar-refractivity contribution in [3.8, 4) is 0 Å². The van der Waals surface area contributed by atoms with Gasteiger partial charge in [-0.15, -0.1) is 0 Å². The second kappa shape index (κ2) is 12.9. The van der Waals surface area contributed by atoms with Gasteiger partial charge < -0.3 is 25.1 Å². The molecule has 0 spiro atoms. The average molecular weight is 609 g/mol. The lowest BCUT2D eigenvalue weighted by atomic mass is 9.92. The fraction of sp³-hybridized carbons (Fsp3) is 0.517. The maximum atomic E-state index is 13.1. The third kappa shape index (κ3) is 6.72. The standard InChI is InChI=1S/C29H37Cl2N5O3.H2S/c1-29(39,20-4-3-5-21(30)16-20)28(38)35-10-8-24(9-11-35)36-18-23(19-36)32-22-6-7-25(26(31)17-22)27(37)34-14-12-33(2)13-15-34;/h3-7,16-17,23-24,32,39H,8-15,18-19H2,1-2H3;1H2/t29-;/m0./s1. The van der Waals surface area contributed by atoms with E-state index >= 15 is 0 Å². The number of nitrogens with zero attached hydrogens (tertiary/aromatic N) is 4. The molecule has 3 aliphatic heterocycles. The van der Waals surface area contributed by atoms with Gasteiger partial charge in [-0.3, -0.25) is 14.5 Å². The van der Waals surface area contributed by atoms with E-state index in [0.717, 1.165) is 57.8 Å². The minimum atomic E-state index is -1.60. The van der Waals surface area contributed by atoms with Gasteiger partial charge in [0.1, 0.15) is 0 Å². The number of carbonyl (C=O) groups excluding carboxylic acids is 2. The van der Waals surface area contributed by atoms with Crippen LogP contribution < -0.4 is 5.32 Å². The zero-order valence-corrected chi connectivity index (χ0v) is 25.6. The Morgan fingerprint density at radius 2 is 1.62 bits per heavy atom. The highest BCUT2D eigenvalue weighted by molar-refractivity contribution is 7.59. The number of hydrogen-bond acceptors (Lipinski definition) is 6. The number of nitrogens with one attached hydrogen (secondary N) is 1. The molecule has 1 atom stereocenters. The van der Waals surface area contributed by atoms with Gasteiger partial charge in [0.05, 0.1) is 16.6 Å². The summed E-state index contributed by atoms with van der Waals surface area (Å²) in [5.74, 6) is -0.286. The van der Waals surface area contributed by atoms with E-state index in [4.69, 9.17) is 23.2 Å². The summed E-state index contributed by atoms with van der Waals surface area (Å²) >= 11 is 12.6. The van der Waals surface area contributed by atoms with Gasteiger partial charge in [-0.25, -0.2) is 0 Å². The fourth-order valence-electron chi connectivity index (χ4n) is 5.75. The number of piperazine rings is 1. The largest absolute Gasteiger partial charge is 0.380 e. The van der Waals surface area contributed by atoms with Crippen molar-refractivity contribution in [3.05, 3.63) is 63.6 Å². The van der Waals surface area contributed by atoms with E-state index in [2.05, 4.69) is 22.2 Å². The van der Waals surface area contributed by atoms with Crippen LogP contribution in [0.4, 0.5) is 5.69 Å². The molecule has 0 radical (unpaired) electrons. The third-order valence-electron chi connectivity index (χ3n) is 8.34. The van der Waals surface area contributed by atoms with Crippen LogP contribution in [0.5, 0.6) is 0 Å². The van der Waals surface area contributed by atoms with Crippen LogP contribution in [-0.4, -0.2) is 108 Å². The molecule has 3 fully saturated rings. The SMILES string of the molecule is CN1CCN(C(=O)c2ccc(NC3CN(C4CCN(C(=O)[C@@](C)(O)c5cccc(Cl)c5)CC4)C3)cc2Cl)CC1.S. The van der Waals surface area contributed by atoms with Crippen LogP contribution in [0.2, 0.25) is 10.0 Å². The van der Waals surface area contributed by atoms with E-state index in [1.165, 1.54) is 0 Å². The predicted octanol–water partition coefficient (Wildman–Crippen LogP) is 3.49. The van der Waals surface area contributed by atoms with Crippen molar-refractivity contribution in [1.29, 1.82) is 0 Å². The van der Waals surface area contributed by atoms with E-state index in [1.54, 1.807) is 36.1 Å². The Bertz CT molecular complexity index is 1210. The number of hydrogen-bond donors (Lipinski definition) is 2. The average Bonchev–Trinajstić information content (AvgIpc) is 2.90. The molecule has 3 saturated heterocycles. The maximum Gasteiger partial charge on any atom is 0.258 e. The molecule has 0 saturated carbocycles. The van der Waals surface area contributed by atoms with Crippen LogP contribution in [0, 0.1) is 0 Å². The van der Waals surface area contributed by atoms with Crippen molar-refractivity contribution >= 4 is 54.2 Å². The molecule has 0 aliphatic carbocycles. The number of rotatable bonds is 6. The minimum Gasteiger partial charge on any atom is -0.380 e. The lowest BCUT2D eigenvalue weighted by Gasteiger charge is -2.48. The maximum absolute atomic E-state index is 13.1. The molecule has 0 aromatic heterocycles. The molecule has 0 bridgehead atoms. The first-order valence-electron chi connectivity index (χ1n) is 13.7. The highest BCUT2D eigenvalue weighted by Crippen LogP contribution is 2.30. The molecule has 2 aromatic carbocycles. The molecule has 218 valence electrons. The number of carbonyl (C=O) groups is 2. The summed E-state index contributed by atoms with van der Waals surface area (Å²) in [6, 6.07) is 13.2. The van der Waals surface area contributed by atoms with Crippen molar-refractivity contribution in [1.82, 2.24) is 19.6 Å². The summed E-state index contributed by atoms with van der Waals surface area (Å²) in [4.78, 5) is 34.3. The molecule has 2 N–H and O–H groups in total. The number of likely N-dealkylation sites (N-methyl/N-ethyl adjacent to an activating group) is 1. The number of aliphatic hydroxyl groups is 1. The first kappa shape index (κ1) is 30.9. The number of anilines is 1. The summed E-state index contributed by atoms with van der Waals surface area (Å²) in [7, 11) is 2.07. The molecule has 40 heavy (non-hydrogen) atoms. The van der Waals surface area contributed by atoms with E-state index in [0.29, 0.717) is 46.3 Å². The Kier molecular flexibility index (Phi) is 9.96. The normalized spacial score (nSPS) is 20.8. The van der Waals surface area contributed by atoms with E-state index in [9.17, 15) is 14.7 Å². The van der Waals surface area contributed by atoms with E-state index < -0.39 is 5.60 Å². The Hall–Kier alpha value is -2.01. The monoisotopic (exact) mass is 607 g/mol. The first-order valence-corrected chi connectivity index (χ1v) is 14.4. The molecule has 11 heteroatoms. The molecular weight excluding hydrogens is 569 g/mol. The Labute approximate surface area is 253 Å². The zero-order chi connectivity index (χ0) is 27.7. The van der Waals surface area contributed by atoms with E-state index in [1.807, 2.05) is 23.1 Å². The second-order valence-corrected chi connectivity index (χ2v) is 12.0. The van der Waals surface area contributed by atoms with Crippen molar-refractivity contribution in [3.63, 3.8) is 0 Å². The van der Waals surface area contributed by atoms with Crippen LogP contribution in [0.1, 0.15) is 35.7 Å². The summed E-state index contributed by atoms with van der Waals surface area (Å²) < 4.78 is 0. The lowest BCUT2D eigenvalue weighted by Crippen LogP contribution is -2.61. The number of likely N-dealkylation sites (tertiary alicyclic amines) is 2. The molecular formula is C29H39Cl2N5O3S. The molecule has 3 heterocycles. The Morgan fingerprint density at radius 3 is 2.25 bits per heavy atom. The zero-order valence-electron chi connectivity index (χ0n) is 23.1. The minimum absolute atomic E-state index is 0. The van der Waals surface area contributed by atoms with Gasteiger partial charge in [0.25, 0.3) is 11.8 Å². The van der Waals surface area contributed by atoms with E-state index in [-0.39, 0.29) is 25.3 Å². The van der Waals surface area contributed by atoms with Gasteiger partial charge in [-0.1, -0.05) is 35.3 Å². The van der Waals surface area contributed by atoms with Gasteiger partial charge in [0, 0.05) is 69.1 Å². The lowest BCUT2D eigenvalue weighted by molar-refractivity contribution is -0.152. The number of amides is 2. The Morgan fingerprint density at radius 1 is 0.950 bits per heavy atom. The fourth-order valence-corrected chi connectivity index (χ4v) is 6.20. The van der Waals surface area contributed by atoms with Crippen LogP contribution in [0.3, 0.4) is 0 Å². The van der Waals surface area contributed by atoms with Crippen molar-refractivity contribution in [2.45, 2.75) is 37.5 Å². The van der Waals surface area contributed by atoms with Gasteiger partial charge in [-0.2, -0.15) is 13.5 Å². The van der Waals surface area contributed by atoms with Gasteiger partial charge in [-0.05, 0) is 62.7 Å². The summed E-state index contributed by atoms with van der Waals surface area (Å²) in [5, 5.41) is 15.5. The molecule has 2 amide bonds. The van der Waals surface area contributed by atoms with Crippen LogP contribution in [0.15, 0.2) is 42.5 Å². The van der Waals surface area contributed by atoms with Crippen LogP contribution in [-0.2, 0) is 10.4 Å². The van der Waals surface area contributed by atoms with Crippen molar-refractivity contribution < 1.29 is 14.7 Å². The molecule has 2 aromatic rings. The van der Waals surface area contributed by atoms with Crippen LogP contribution in [0.25, 0.3) is 0 Å². The van der Waals surface area contributed by atoms with Gasteiger partial charge in [0.2, 0.25) is 0 Å². The molecule has 0 unspecified atom stereocenters. The third-order valence-corrected chi connectivity index (χ3v) is 8.89. The predicted molar refractivity (Wildman–Crippen MR) is 165 cm³/mol. The summed E-state index contributed by atoms with van der Waals surface area (Å²) in [6.45, 7) is 7.80. The molecule has 8 nitrogen and oxygen atoms in total. The first-order chi connectivity index (χ1) is 18.6. The van der Waals surface area contributed by atoms with Crippen molar-refractivity contribution in [2.24, 2.45) is 0 Å². The Balaban J connectivity index is 0.00000370. The summed E-state index contributed by atoms with van der Waals surface area (Å²) in [6.07, 6.45) is 1.75. The molecule has 5 rings (SSSR count). The second-order valence-electron chi connectivity index (χ2n) is 11.2. The quantitative estimate of drug-likeness (QED) is 0.523. The number of benzene rings is 2. The smallest absolute Gasteiger partial charge is 0.258 e. The highest BCUT2D eigenvalue weighted by atomic mass is 35.5. The van der Waals surface area contributed by atoms with Crippen molar-refractivity contribution in [2.75, 3.05) is 64.7 Å². The highest BCUT2D eigenvalue weighted by Gasteiger charge is 2.40. The topological polar surface area (TPSA) is 79.4 Å².